The number of nitrogens with two attached hydrogens (primary N) is 1. The number of halogens is 1. The average molecular weight is 331 g/mol. The molecule has 1 aromatic rings. The Kier molecular flexibility index (Phi) is 6.31. The number of hydrogen-bond donors (Lipinski definition) is 2. The number of benzene rings is 1. The molecule has 0 bridgehead atoms. The SMILES string of the molecule is COc1ccc(Br)c(C(=O)NCCOCC(N)=O)c1. The van der Waals surface area contributed by atoms with E-state index in [9.17, 15) is 9.59 Å². The van der Waals surface area contributed by atoms with Gasteiger partial charge in [0.15, 0.2) is 0 Å². The van der Waals surface area contributed by atoms with Crippen molar-refractivity contribution in [1.29, 1.82) is 0 Å². The van der Waals surface area contributed by atoms with E-state index in [-0.39, 0.29) is 25.7 Å². The Bertz CT molecular complexity index is 465. The zero-order valence-corrected chi connectivity index (χ0v) is 12.0. The van der Waals surface area contributed by atoms with Gasteiger partial charge in [-0.3, -0.25) is 9.59 Å². The maximum atomic E-state index is 11.9. The summed E-state index contributed by atoms with van der Waals surface area (Å²) in [4.78, 5) is 22.3. The van der Waals surface area contributed by atoms with E-state index in [4.69, 9.17) is 15.2 Å². The summed E-state index contributed by atoms with van der Waals surface area (Å²) in [7, 11) is 1.53. The molecule has 1 rings (SSSR count). The van der Waals surface area contributed by atoms with Gasteiger partial charge in [0, 0.05) is 11.0 Å². The molecule has 0 radical (unpaired) electrons. The molecule has 0 saturated carbocycles. The van der Waals surface area contributed by atoms with Gasteiger partial charge in [-0.25, -0.2) is 0 Å². The van der Waals surface area contributed by atoms with Crippen molar-refractivity contribution in [1.82, 2.24) is 5.32 Å². The molecule has 1 aromatic carbocycles. The van der Waals surface area contributed by atoms with E-state index >= 15 is 0 Å². The highest BCUT2D eigenvalue weighted by Gasteiger charge is 2.10. The quantitative estimate of drug-likeness (QED) is 0.719. The molecular formula is C12H15BrN2O4. The van der Waals surface area contributed by atoms with Gasteiger partial charge in [-0.05, 0) is 34.1 Å². The van der Waals surface area contributed by atoms with Gasteiger partial charge in [0.05, 0.1) is 19.3 Å². The largest absolute Gasteiger partial charge is 0.497 e. The number of hydrogen-bond acceptors (Lipinski definition) is 4. The zero-order valence-electron chi connectivity index (χ0n) is 10.4. The van der Waals surface area contributed by atoms with Crippen LogP contribution in [0.1, 0.15) is 10.4 Å². The van der Waals surface area contributed by atoms with E-state index in [1.165, 1.54) is 7.11 Å². The Morgan fingerprint density at radius 3 is 2.79 bits per heavy atom. The Morgan fingerprint density at radius 2 is 2.16 bits per heavy atom. The van der Waals surface area contributed by atoms with Gasteiger partial charge in [-0.1, -0.05) is 0 Å². The molecule has 2 amide bonds. The average Bonchev–Trinajstić information content (AvgIpc) is 2.38. The first-order valence-corrected chi connectivity index (χ1v) is 6.31. The van der Waals surface area contributed by atoms with Crippen LogP contribution in [0.4, 0.5) is 0 Å². The minimum absolute atomic E-state index is 0.154. The van der Waals surface area contributed by atoms with Crippen molar-refractivity contribution in [3.05, 3.63) is 28.2 Å². The van der Waals surface area contributed by atoms with Gasteiger partial charge in [-0.15, -0.1) is 0 Å². The second-order valence-electron chi connectivity index (χ2n) is 3.62. The number of carbonyl (C=O) groups is 2. The molecule has 19 heavy (non-hydrogen) atoms. The predicted octanol–water partition coefficient (Wildman–Crippen LogP) is 0.689. The van der Waals surface area contributed by atoms with E-state index in [1.807, 2.05) is 0 Å². The van der Waals surface area contributed by atoms with Crippen LogP contribution in [-0.4, -0.2) is 38.7 Å². The first kappa shape index (κ1) is 15.5. The smallest absolute Gasteiger partial charge is 0.252 e. The van der Waals surface area contributed by atoms with Crippen LogP contribution in [-0.2, 0) is 9.53 Å². The summed E-state index contributed by atoms with van der Waals surface area (Å²) in [6, 6.07) is 5.11. The lowest BCUT2D eigenvalue weighted by molar-refractivity contribution is -0.122. The van der Waals surface area contributed by atoms with Crippen LogP contribution in [0.15, 0.2) is 22.7 Å². The van der Waals surface area contributed by atoms with Gasteiger partial charge in [0.25, 0.3) is 5.91 Å². The molecule has 0 heterocycles. The van der Waals surface area contributed by atoms with Crippen LogP contribution in [0.25, 0.3) is 0 Å². The van der Waals surface area contributed by atoms with Crippen molar-refractivity contribution >= 4 is 27.7 Å². The molecule has 0 spiro atoms. The molecule has 104 valence electrons. The van der Waals surface area contributed by atoms with Crippen LogP contribution < -0.4 is 15.8 Å². The first-order chi connectivity index (χ1) is 9.04. The third kappa shape index (κ3) is 5.27. The second-order valence-corrected chi connectivity index (χ2v) is 4.47. The summed E-state index contributed by atoms with van der Waals surface area (Å²) in [6.07, 6.45) is 0. The van der Waals surface area contributed by atoms with Gasteiger partial charge in [0.2, 0.25) is 5.91 Å². The second kappa shape index (κ2) is 7.75. The highest BCUT2D eigenvalue weighted by Crippen LogP contribution is 2.22. The van der Waals surface area contributed by atoms with Crippen molar-refractivity contribution < 1.29 is 19.1 Å². The lowest BCUT2D eigenvalue weighted by Crippen LogP contribution is -2.29. The third-order valence-electron chi connectivity index (χ3n) is 2.19. The first-order valence-electron chi connectivity index (χ1n) is 5.52. The fraction of sp³-hybridized carbons (Fsp3) is 0.333. The van der Waals surface area contributed by atoms with Crippen molar-refractivity contribution in [2.75, 3.05) is 26.9 Å². The minimum atomic E-state index is -0.540. The van der Waals surface area contributed by atoms with Crippen LogP contribution in [0, 0.1) is 0 Å². The van der Waals surface area contributed by atoms with E-state index in [1.54, 1.807) is 18.2 Å². The maximum Gasteiger partial charge on any atom is 0.252 e. The number of nitrogens with one attached hydrogen (secondary N) is 1. The van der Waals surface area contributed by atoms with Crippen LogP contribution >= 0.6 is 15.9 Å². The molecule has 0 aromatic heterocycles. The highest BCUT2D eigenvalue weighted by molar-refractivity contribution is 9.10. The normalized spacial score (nSPS) is 10.0. The summed E-state index contributed by atoms with van der Waals surface area (Å²) >= 11 is 3.29. The lowest BCUT2D eigenvalue weighted by Gasteiger charge is -2.08. The molecule has 0 aliphatic heterocycles. The minimum Gasteiger partial charge on any atom is -0.497 e. The third-order valence-corrected chi connectivity index (χ3v) is 2.89. The fourth-order valence-electron chi connectivity index (χ4n) is 1.31. The van der Waals surface area contributed by atoms with Crippen molar-refractivity contribution in [2.24, 2.45) is 5.73 Å². The predicted molar refractivity (Wildman–Crippen MR) is 73.0 cm³/mol. The van der Waals surface area contributed by atoms with Gasteiger partial charge in [0.1, 0.15) is 12.4 Å². The number of ether oxygens (including phenoxy) is 2. The van der Waals surface area contributed by atoms with E-state index in [2.05, 4.69) is 21.2 Å². The number of primary amides is 1. The molecule has 0 unspecified atom stereocenters. The Labute approximate surface area is 119 Å². The van der Waals surface area contributed by atoms with Gasteiger partial charge >= 0.3 is 0 Å². The fourth-order valence-corrected chi connectivity index (χ4v) is 1.74. The zero-order chi connectivity index (χ0) is 14.3. The van der Waals surface area contributed by atoms with E-state index < -0.39 is 5.91 Å². The van der Waals surface area contributed by atoms with Gasteiger partial charge < -0.3 is 20.5 Å². The molecule has 7 heteroatoms. The van der Waals surface area contributed by atoms with Crippen molar-refractivity contribution in [3.63, 3.8) is 0 Å². The standard InChI is InChI=1S/C12H15BrN2O4/c1-18-8-2-3-10(13)9(6-8)12(17)15-4-5-19-7-11(14)16/h2-3,6H,4-5,7H2,1H3,(H2,14,16)(H,15,17). The summed E-state index contributed by atoms with van der Waals surface area (Å²) in [6.45, 7) is 0.352. The molecule has 0 aliphatic carbocycles. The summed E-state index contributed by atoms with van der Waals surface area (Å²) in [5.74, 6) is -0.200. The Hall–Kier alpha value is -1.60. The maximum absolute atomic E-state index is 11.9. The number of carbonyl (C=O) groups excluding carboxylic acids is 2. The summed E-state index contributed by atoms with van der Waals surface area (Å²) in [5, 5.41) is 2.66. The van der Waals surface area contributed by atoms with Gasteiger partial charge in [-0.2, -0.15) is 0 Å². The monoisotopic (exact) mass is 330 g/mol. The topological polar surface area (TPSA) is 90.7 Å². The molecule has 6 nitrogen and oxygen atoms in total. The molecule has 3 N–H and O–H groups in total. The summed E-state index contributed by atoms with van der Waals surface area (Å²) in [5.41, 5.74) is 5.37. The van der Waals surface area contributed by atoms with Crippen molar-refractivity contribution in [3.8, 4) is 5.75 Å². The molecule has 0 atom stereocenters. The molecule has 0 saturated heterocycles. The molecule has 0 fully saturated rings. The van der Waals surface area contributed by atoms with Crippen molar-refractivity contribution in [2.45, 2.75) is 0 Å². The molecular weight excluding hydrogens is 316 g/mol. The summed E-state index contributed by atoms with van der Waals surface area (Å²) < 4.78 is 10.7. The Morgan fingerprint density at radius 1 is 1.42 bits per heavy atom. The Balaban J connectivity index is 2.47. The van der Waals surface area contributed by atoms with Crippen LogP contribution in [0.3, 0.4) is 0 Å². The highest BCUT2D eigenvalue weighted by atomic mass is 79.9. The van der Waals surface area contributed by atoms with Crippen LogP contribution in [0.2, 0.25) is 0 Å². The number of amides is 2. The molecule has 0 aliphatic rings. The lowest BCUT2D eigenvalue weighted by atomic mass is 10.2. The van der Waals surface area contributed by atoms with E-state index in [0.717, 1.165) is 0 Å². The number of rotatable bonds is 7. The van der Waals surface area contributed by atoms with E-state index in [0.29, 0.717) is 15.8 Å². The number of methoxy groups -OCH3 is 1. The van der Waals surface area contributed by atoms with Crippen LogP contribution in [0.5, 0.6) is 5.75 Å².